The Balaban J connectivity index is 1.39. The Morgan fingerprint density at radius 2 is 1.96 bits per heavy atom. The number of carbonyl (C=O) groups excluding carboxylic acids is 2. The molecule has 3 aliphatic rings. The molecule has 132 valence electrons. The Hall–Kier alpha value is -2.41. The number of ether oxygens (including phenoxy) is 1. The van der Waals surface area contributed by atoms with E-state index in [1.807, 2.05) is 17.0 Å². The first-order valence-electron chi connectivity index (χ1n) is 8.83. The molecule has 1 N–H and O–H groups in total. The number of amides is 2. The Morgan fingerprint density at radius 3 is 2.72 bits per heavy atom. The lowest BCUT2D eigenvalue weighted by atomic mass is 9.98. The van der Waals surface area contributed by atoms with E-state index in [2.05, 4.69) is 27.6 Å². The van der Waals surface area contributed by atoms with Gasteiger partial charge in [0.2, 0.25) is 5.91 Å². The highest BCUT2D eigenvalue weighted by atomic mass is 16.5. The van der Waals surface area contributed by atoms with Gasteiger partial charge in [0, 0.05) is 57.0 Å². The van der Waals surface area contributed by atoms with Gasteiger partial charge in [-0.05, 0) is 6.07 Å². The molecule has 1 aromatic rings. The van der Waals surface area contributed by atoms with E-state index in [-0.39, 0.29) is 11.8 Å². The zero-order chi connectivity index (χ0) is 17.2. The van der Waals surface area contributed by atoms with Crippen LogP contribution in [0.25, 0.3) is 0 Å². The van der Waals surface area contributed by atoms with E-state index in [1.165, 1.54) is 5.56 Å². The largest absolute Gasteiger partial charge is 0.493 e. The number of hydrogen-bond acceptors (Lipinski definition) is 5. The smallest absolute Gasteiger partial charge is 0.270 e. The van der Waals surface area contributed by atoms with E-state index >= 15 is 0 Å². The van der Waals surface area contributed by atoms with Crippen molar-refractivity contribution in [1.29, 1.82) is 0 Å². The number of benzene rings is 1. The molecule has 1 atom stereocenters. The standard InChI is InChI=1S/C18H22N4O3/c23-17-6-5-14(19-20-17)18(24)22-10-8-21(9-11-22)15-7-12-25-16-4-2-1-3-13(15)16/h1-4,15H,5-12H2,(H,20,23). The maximum atomic E-state index is 12.5. The fourth-order valence-corrected chi connectivity index (χ4v) is 3.75. The van der Waals surface area contributed by atoms with Crippen LogP contribution in [0.4, 0.5) is 0 Å². The summed E-state index contributed by atoms with van der Waals surface area (Å²) in [6.45, 7) is 3.78. The summed E-state index contributed by atoms with van der Waals surface area (Å²) >= 11 is 0. The number of carbonyl (C=O) groups is 2. The van der Waals surface area contributed by atoms with Gasteiger partial charge in [-0.25, -0.2) is 5.43 Å². The van der Waals surface area contributed by atoms with Crippen molar-refractivity contribution in [3.05, 3.63) is 29.8 Å². The lowest BCUT2D eigenvalue weighted by Crippen LogP contribution is -2.52. The van der Waals surface area contributed by atoms with Gasteiger partial charge in [-0.15, -0.1) is 0 Å². The summed E-state index contributed by atoms with van der Waals surface area (Å²) in [5.41, 5.74) is 4.11. The third kappa shape index (κ3) is 3.24. The van der Waals surface area contributed by atoms with Crippen molar-refractivity contribution in [3.63, 3.8) is 0 Å². The number of hydrazone groups is 1. The number of nitrogens with zero attached hydrogens (tertiary/aromatic N) is 3. The van der Waals surface area contributed by atoms with Crippen LogP contribution in [0.5, 0.6) is 5.75 Å². The number of rotatable bonds is 2. The molecule has 1 unspecified atom stereocenters. The molecule has 3 heterocycles. The molecule has 1 fully saturated rings. The van der Waals surface area contributed by atoms with Crippen molar-refractivity contribution in [2.75, 3.05) is 32.8 Å². The van der Waals surface area contributed by atoms with Crippen LogP contribution in [0.15, 0.2) is 29.4 Å². The number of piperazine rings is 1. The molecule has 7 nitrogen and oxygen atoms in total. The van der Waals surface area contributed by atoms with Crippen molar-refractivity contribution in [2.24, 2.45) is 5.10 Å². The van der Waals surface area contributed by atoms with Crippen molar-refractivity contribution < 1.29 is 14.3 Å². The second-order valence-electron chi connectivity index (χ2n) is 6.61. The predicted octanol–water partition coefficient (Wildman–Crippen LogP) is 0.920. The van der Waals surface area contributed by atoms with E-state index < -0.39 is 0 Å². The van der Waals surface area contributed by atoms with Crippen LogP contribution in [-0.2, 0) is 9.59 Å². The average molecular weight is 342 g/mol. The van der Waals surface area contributed by atoms with Gasteiger partial charge in [0.25, 0.3) is 5.91 Å². The minimum Gasteiger partial charge on any atom is -0.493 e. The van der Waals surface area contributed by atoms with Gasteiger partial charge in [-0.1, -0.05) is 18.2 Å². The molecule has 0 spiro atoms. The van der Waals surface area contributed by atoms with Crippen LogP contribution in [0.3, 0.4) is 0 Å². The van der Waals surface area contributed by atoms with Gasteiger partial charge < -0.3 is 9.64 Å². The minimum atomic E-state index is -0.125. The molecule has 3 aliphatic heterocycles. The summed E-state index contributed by atoms with van der Waals surface area (Å²) in [4.78, 5) is 28.0. The molecule has 0 aliphatic carbocycles. The molecule has 2 amide bonds. The lowest BCUT2D eigenvalue weighted by molar-refractivity contribution is -0.126. The fraction of sp³-hybridized carbons (Fsp3) is 0.500. The highest BCUT2D eigenvalue weighted by Gasteiger charge is 2.32. The summed E-state index contributed by atoms with van der Waals surface area (Å²) in [6.07, 6.45) is 1.74. The fourth-order valence-electron chi connectivity index (χ4n) is 3.75. The molecular formula is C18H22N4O3. The van der Waals surface area contributed by atoms with Gasteiger partial charge in [0.15, 0.2) is 0 Å². The van der Waals surface area contributed by atoms with Crippen LogP contribution in [0.1, 0.15) is 30.9 Å². The van der Waals surface area contributed by atoms with E-state index in [1.54, 1.807) is 0 Å². The Bertz CT molecular complexity index is 710. The Kier molecular flexibility index (Phi) is 4.40. The molecule has 0 bridgehead atoms. The quantitative estimate of drug-likeness (QED) is 0.867. The predicted molar refractivity (Wildman–Crippen MR) is 92.3 cm³/mol. The first-order valence-corrected chi connectivity index (χ1v) is 8.83. The van der Waals surface area contributed by atoms with Gasteiger partial charge in [-0.2, -0.15) is 5.10 Å². The lowest BCUT2D eigenvalue weighted by Gasteiger charge is -2.41. The molecule has 1 aromatic carbocycles. The number of nitrogens with one attached hydrogen (secondary N) is 1. The first-order chi connectivity index (χ1) is 12.2. The summed E-state index contributed by atoms with van der Waals surface area (Å²) in [6, 6.07) is 8.57. The van der Waals surface area contributed by atoms with Crippen molar-refractivity contribution in [2.45, 2.75) is 25.3 Å². The van der Waals surface area contributed by atoms with Crippen LogP contribution in [0, 0.1) is 0 Å². The van der Waals surface area contributed by atoms with Gasteiger partial charge in [0.05, 0.1) is 6.61 Å². The number of fused-ring (bicyclic) bond motifs is 1. The summed E-state index contributed by atoms with van der Waals surface area (Å²) < 4.78 is 5.75. The topological polar surface area (TPSA) is 74.2 Å². The van der Waals surface area contributed by atoms with E-state index in [0.717, 1.165) is 31.9 Å². The van der Waals surface area contributed by atoms with Crippen LogP contribution >= 0.6 is 0 Å². The van der Waals surface area contributed by atoms with E-state index in [0.29, 0.717) is 37.7 Å². The Labute approximate surface area is 146 Å². The normalized spacial score (nSPS) is 24.0. The van der Waals surface area contributed by atoms with E-state index in [4.69, 9.17) is 4.74 Å². The molecule has 25 heavy (non-hydrogen) atoms. The van der Waals surface area contributed by atoms with Gasteiger partial charge in [-0.3, -0.25) is 14.5 Å². The third-order valence-electron chi connectivity index (χ3n) is 5.12. The summed E-state index contributed by atoms with van der Waals surface area (Å²) in [7, 11) is 0. The SMILES string of the molecule is O=C1CCC(C(=O)N2CCN(C3CCOc4ccccc43)CC2)=NN1. The molecule has 4 rings (SSSR count). The van der Waals surface area contributed by atoms with Crippen molar-refractivity contribution in [3.8, 4) is 5.75 Å². The van der Waals surface area contributed by atoms with Crippen LogP contribution in [-0.4, -0.2) is 60.1 Å². The summed E-state index contributed by atoms with van der Waals surface area (Å²) in [5, 5.41) is 3.92. The zero-order valence-corrected chi connectivity index (χ0v) is 14.1. The molecule has 0 radical (unpaired) electrons. The number of para-hydroxylation sites is 1. The highest BCUT2D eigenvalue weighted by Crippen LogP contribution is 2.36. The second kappa shape index (κ2) is 6.84. The Morgan fingerprint density at radius 1 is 1.16 bits per heavy atom. The minimum absolute atomic E-state index is 0.0490. The molecule has 7 heteroatoms. The molecule has 0 aromatic heterocycles. The monoisotopic (exact) mass is 342 g/mol. The van der Waals surface area contributed by atoms with E-state index in [9.17, 15) is 9.59 Å². The first kappa shape index (κ1) is 16.1. The molecular weight excluding hydrogens is 320 g/mol. The average Bonchev–Trinajstić information content (AvgIpc) is 2.68. The number of hydrogen-bond donors (Lipinski definition) is 1. The molecule has 1 saturated heterocycles. The van der Waals surface area contributed by atoms with Crippen molar-refractivity contribution in [1.82, 2.24) is 15.2 Å². The maximum absolute atomic E-state index is 12.5. The molecule has 0 saturated carbocycles. The zero-order valence-electron chi connectivity index (χ0n) is 14.1. The highest BCUT2D eigenvalue weighted by molar-refractivity contribution is 6.39. The van der Waals surface area contributed by atoms with Crippen LogP contribution in [0.2, 0.25) is 0 Å². The summed E-state index contributed by atoms with van der Waals surface area (Å²) in [5.74, 6) is 0.802. The second-order valence-corrected chi connectivity index (χ2v) is 6.61. The van der Waals surface area contributed by atoms with Gasteiger partial charge >= 0.3 is 0 Å². The van der Waals surface area contributed by atoms with Crippen molar-refractivity contribution >= 4 is 17.5 Å². The third-order valence-corrected chi connectivity index (χ3v) is 5.12. The van der Waals surface area contributed by atoms with Gasteiger partial charge in [0.1, 0.15) is 11.5 Å². The van der Waals surface area contributed by atoms with Crippen LogP contribution < -0.4 is 10.2 Å². The maximum Gasteiger partial charge on any atom is 0.270 e.